The van der Waals surface area contributed by atoms with Crippen LogP contribution in [0.25, 0.3) is 0 Å². The zero-order valence-corrected chi connectivity index (χ0v) is 11.3. The number of ether oxygens (including phenoxy) is 3. The molecule has 5 atom stereocenters. The molecule has 0 saturated carbocycles. The van der Waals surface area contributed by atoms with E-state index in [1.54, 1.807) is 0 Å². The first-order chi connectivity index (χ1) is 9.90. The van der Waals surface area contributed by atoms with Gasteiger partial charge in [-0.25, -0.2) is 0 Å². The molecular weight excluding hydrogens is 290 g/mol. The summed E-state index contributed by atoms with van der Waals surface area (Å²) in [6.07, 6.45) is -6.90. The quantitative estimate of drug-likeness (QED) is 0.297. The maximum Gasteiger partial charge on any atom is 0.325 e. The van der Waals surface area contributed by atoms with Crippen molar-refractivity contribution in [2.45, 2.75) is 30.7 Å². The Morgan fingerprint density at radius 3 is 2.57 bits per heavy atom. The molecule has 0 aromatic rings. The normalized spacial score (nSPS) is 30.0. The minimum atomic E-state index is -1.48. The minimum Gasteiger partial charge on any atom is -0.468 e. The Hall–Kier alpha value is -1.30. The lowest BCUT2D eigenvalue weighted by atomic mass is 10.1. The average Bonchev–Trinajstić information content (AvgIpc) is 2.77. The molecule has 1 heterocycles. The van der Waals surface area contributed by atoms with Gasteiger partial charge in [-0.15, -0.1) is 0 Å². The molecule has 10 nitrogen and oxygen atoms in total. The van der Waals surface area contributed by atoms with Gasteiger partial charge in [0.1, 0.15) is 37.6 Å². The Balaban J connectivity index is 2.38. The molecule has 122 valence electrons. The summed E-state index contributed by atoms with van der Waals surface area (Å²) in [5.74, 6) is -1.29. The molecule has 1 aliphatic heterocycles. The van der Waals surface area contributed by atoms with Crippen molar-refractivity contribution in [1.29, 1.82) is 0 Å². The molecule has 0 unspecified atom stereocenters. The van der Waals surface area contributed by atoms with Crippen LogP contribution in [0, 0.1) is 0 Å². The minimum absolute atomic E-state index is 0.332. The molecule has 0 aromatic heterocycles. The molecule has 1 amide bonds. The van der Waals surface area contributed by atoms with Gasteiger partial charge in [0.15, 0.2) is 6.29 Å². The molecule has 0 aromatic carbocycles. The van der Waals surface area contributed by atoms with E-state index < -0.39 is 55.8 Å². The summed E-state index contributed by atoms with van der Waals surface area (Å²) < 4.78 is 14.3. The number of aliphatic hydroxyl groups excluding tert-OH is 4. The van der Waals surface area contributed by atoms with Crippen molar-refractivity contribution >= 4 is 11.9 Å². The van der Waals surface area contributed by atoms with Crippen LogP contribution in [0.4, 0.5) is 0 Å². The smallest absolute Gasteiger partial charge is 0.325 e. The molecule has 0 bridgehead atoms. The second-order valence-electron chi connectivity index (χ2n) is 4.36. The van der Waals surface area contributed by atoms with Crippen molar-refractivity contribution < 1.29 is 44.2 Å². The van der Waals surface area contributed by atoms with E-state index in [0.29, 0.717) is 0 Å². The summed E-state index contributed by atoms with van der Waals surface area (Å²) in [5, 5.41) is 39.6. The van der Waals surface area contributed by atoms with Gasteiger partial charge in [-0.3, -0.25) is 9.59 Å². The Morgan fingerprint density at radius 2 is 2.00 bits per heavy atom. The lowest BCUT2D eigenvalue weighted by molar-refractivity contribution is -0.183. The van der Waals surface area contributed by atoms with Crippen LogP contribution in [0.15, 0.2) is 0 Å². The van der Waals surface area contributed by atoms with Crippen LogP contribution in [0.3, 0.4) is 0 Å². The third-order valence-electron chi connectivity index (χ3n) is 2.86. The third-order valence-corrected chi connectivity index (χ3v) is 2.86. The zero-order valence-electron chi connectivity index (χ0n) is 11.3. The number of hydrogen-bond donors (Lipinski definition) is 5. The molecule has 1 saturated heterocycles. The monoisotopic (exact) mass is 309 g/mol. The summed E-state index contributed by atoms with van der Waals surface area (Å²) in [6, 6.07) is 0. The van der Waals surface area contributed by atoms with E-state index >= 15 is 0 Å². The largest absolute Gasteiger partial charge is 0.468 e. The molecule has 0 aliphatic carbocycles. The summed E-state index contributed by atoms with van der Waals surface area (Å²) in [7, 11) is 1.17. The second-order valence-corrected chi connectivity index (χ2v) is 4.36. The van der Waals surface area contributed by atoms with Crippen LogP contribution in [-0.4, -0.2) is 89.9 Å². The number of esters is 1. The van der Waals surface area contributed by atoms with Gasteiger partial charge in [0, 0.05) is 0 Å². The van der Waals surface area contributed by atoms with Crippen LogP contribution in [-0.2, 0) is 23.8 Å². The third kappa shape index (κ3) is 4.88. The fraction of sp³-hybridized carbons (Fsp3) is 0.818. The van der Waals surface area contributed by atoms with Gasteiger partial charge in [-0.1, -0.05) is 0 Å². The molecule has 1 rings (SSSR count). The van der Waals surface area contributed by atoms with Crippen LogP contribution in [0.5, 0.6) is 0 Å². The average molecular weight is 309 g/mol. The van der Waals surface area contributed by atoms with Gasteiger partial charge in [0.25, 0.3) is 0 Å². The van der Waals surface area contributed by atoms with Crippen LogP contribution in [0.2, 0.25) is 0 Å². The van der Waals surface area contributed by atoms with E-state index in [4.69, 9.17) is 14.6 Å². The van der Waals surface area contributed by atoms with Crippen LogP contribution in [0.1, 0.15) is 0 Å². The van der Waals surface area contributed by atoms with Gasteiger partial charge in [0.05, 0.1) is 13.7 Å². The fourth-order valence-electron chi connectivity index (χ4n) is 1.68. The standard InChI is InChI=1S/C11H19NO9/c1-19-7(16)2-12-6(15)4-20-11-9(18)8(17)10(21-11)5(14)3-13/h5,8-11,13-14,17-18H,2-4H2,1H3,(H,12,15)/t5-,8-,9+,10-,11+/m1/s1. The predicted molar refractivity (Wildman–Crippen MR) is 64.7 cm³/mol. The van der Waals surface area contributed by atoms with Gasteiger partial charge in [-0.2, -0.15) is 0 Å². The first-order valence-corrected chi connectivity index (χ1v) is 6.16. The van der Waals surface area contributed by atoms with Gasteiger partial charge < -0.3 is 40.0 Å². The molecular formula is C11H19NO9. The molecule has 5 N–H and O–H groups in total. The van der Waals surface area contributed by atoms with Crippen LogP contribution < -0.4 is 5.32 Å². The molecule has 1 aliphatic rings. The maximum absolute atomic E-state index is 11.3. The molecule has 10 heteroatoms. The van der Waals surface area contributed by atoms with E-state index in [0.717, 1.165) is 0 Å². The lowest BCUT2D eigenvalue weighted by Gasteiger charge is -2.18. The van der Waals surface area contributed by atoms with E-state index in [-0.39, 0.29) is 6.54 Å². The maximum atomic E-state index is 11.3. The number of carbonyl (C=O) groups is 2. The summed E-state index contributed by atoms with van der Waals surface area (Å²) in [4.78, 5) is 22.1. The summed E-state index contributed by atoms with van der Waals surface area (Å²) in [6.45, 7) is -1.53. The molecule has 0 spiro atoms. The molecule has 1 fully saturated rings. The highest BCUT2D eigenvalue weighted by molar-refractivity contribution is 5.82. The van der Waals surface area contributed by atoms with Gasteiger partial charge in [-0.05, 0) is 0 Å². The predicted octanol–water partition coefficient (Wildman–Crippen LogP) is -3.91. The number of hydrogen-bond acceptors (Lipinski definition) is 9. The van der Waals surface area contributed by atoms with Crippen LogP contribution >= 0.6 is 0 Å². The lowest BCUT2D eigenvalue weighted by Crippen LogP contribution is -2.40. The Labute approximate surface area is 120 Å². The number of methoxy groups -OCH3 is 1. The Bertz CT molecular complexity index is 364. The van der Waals surface area contributed by atoms with Gasteiger partial charge in [0.2, 0.25) is 5.91 Å². The number of amides is 1. The van der Waals surface area contributed by atoms with Crippen molar-refractivity contribution in [3.8, 4) is 0 Å². The Morgan fingerprint density at radius 1 is 1.33 bits per heavy atom. The molecule has 21 heavy (non-hydrogen) atoms. The first kappa shape index (κ1) is 17.8. The van der Waals surface area contributed by atoms with Crippen molar-refractivity contribution in [2.75, 3.05) is 26.9 Å². The summed E-state index contributed by atoms with van der Waals surface area (Å²) >= 11 is 0. The van der Waals surface area contributed by atoms with Crippen molar-refractivity contribution in [2.24, 2.45) is 0 Å². The highest BCUT2D eigenvalue weighted by atomic mass is 16.7. The topological polar surface area (TPSA) is 155 Å². The van der Waals surface area contributed by atoms with Crippen molar-refractivity contribution in [3.05, 3.63) is 0 Å². The first-order valence-electron chi connectivity index (χ1n) is 6.16. The highest BCUT2D eigenvalue weighted by Crippen LogP contribution is 2.24. The van der Waals surface area contributed by atoms with Crippen molar-refractivity contribution in [3.63, 3.8) is 0 Å². The van der Waals surface area contributed by atoms with E-state index in [1.807, 2.05) is 0 Å². The Kier molecular flexibility index (Phi) is 6.95. The number of rotatable bonds is 7. The number of carbonyl (C=O) groups excluding carboxylic acids is 2. The van der Waals surface area contributed by atoms with E-state index in [9.17, 15) is 24.9 Å². The SMILES string of the molecule is COC(=O)CNC(=O)CO[C@H]1O[C@H]([C@H](O)CO)[C@H](O)[C@@H]1O. The fourth-order valence-corrected chi connectivity index (χ4v) is 1.68. The van der Waals surface area contributed by atoms with Gasteiger partial charge >= 0.3 is 5.97 Å². The second kappa shape index (κ2) is 8.22. The van der Waals surface area contributed by atoms with E-state index in [2.05, 4.69) is 10.1 Å². The number of aliphatic hydroxyl groups is 4. The zero-order chi connectivity index (χ0) is 16.0. The summed E-state index contributed by atoms with van der Waals surface area (Å²) in [5.41, 5.74) is 0. The highest BCUT2D eigenvalue weighted by Gasteiger charge is 2.46. The van der Waals surface area contributed by atoms with E-state index in [1.165, 1.54) is 7.11 Å². The number of nitrogens with one attached hydrogen (secondary N) is 1. The molecule has 0 radical (unpaired) electrons. The van der Waals surface area contributed by atoms with Crippen molar-refractivity contribution in [1.82, 2.24) is 5.32 Å².